The predicted molar refractivity (Wildman–Crippen MR) is 61.6 cm³/mol. The number of carboxylic acids is 1. The summed E-state index contributed by atoms with van der Waals surface area (Å²) in [6.45, 7) is 2.12. The van der Waals surface area contributed by atoms with E-state index < -0.39 is 11.5 Å². The number of carbonyl (C=O) groups is 2. The molecule has 1 atom stereocenters. The van der Waals surface area contributed by atoms with Crippen molar-refractivity contribution < 1.29 is 14.7 Å². The lowest BCUT2D eigenvalue weighted by Crippen LogP contribution is -2.52. The summed E-state index contributed by atoms with van der Waals surface area (Å²) in [5.74, 6) is -1.02. The molecule has 2 aliphatic heterocycles. The highest BCUT2D eigenvalue weighted by molar-refractivity contribution is 5.82. The summed E-state index contributed by atoms with van der Waals surface area (Å²) >= 11 is 0. The quantitative estimate of drug-likeness (QED) is 0.680. The third-order valence-corrected chi connectivity index (χ3v) is 3.62. The van der Waals surface area contributed by atoms with Gasteiger partial charge in [-0.1, -0.05) is 0 Å². The fourth-order valence-corrected chi connectivity index (χ4v) is 2.46. The Morgan fingerprint density at radius 2 is 1.71 bits per heavy atom. The van der Waals surface area contributed by atoms with Crippen LogP contribution in [0.1, 0.15) is 25.7 Å². The van der Waals surface area contributed by atoms with E-state index >= 15 is 0 Å². The fourth-order valence-electron chi connectivity index (χ4n) is 2.46. The van der Waals surface area contributed by atoms with Crippen LogP contribution >= 0.6 is 0 Å². The van der Waals surface area contributed by atoms with Gasteiger partial charge >= 0.3 is 12.0 Å². The van der Waals surface area contributed by atoms with E-state index in [2.05, 4.69) is 0 Å². The second-order valence-electron chi connectivity index (χ2n) is 4.96. The lowest BCUT2D eigenvalue weighted by atomic mass is 10.0. The van der Waals surface area contributed by atoms with Crippen molar-refractivity contribution in [2.75, 3.05) is 26.2 Å². The number of likely N-dealkylation sites (tertiary alicyclic amines) is 2. The van der Waals surface area contributed by atoms with Crippen LogP contribution in [0.25, 0.3) is 0 Å². The maximum atomic E-state index is 12.1. The van der Waals surface area contributed by atoms with Crippen LogP contribution in [0.3, 0.4) is 0 Å². The molecule has 1 unspecified atom stereocenters. The van der Waals surface area contributed by atoms with Crippen LogP contribution in [-0.4, -0.2) is 58.6 Å². The maximum Gasteiger partial charge on any atom is 0.325 e. The van der Waals surface area contributed by atoms with Crippen LogP contribution in [0, 0.1) is 0 Å². The standard InChI is InChI=1S/C11H19N3O3/c12-11(9(15)16)4-7-14(8-11)10(17)13-5-2-1-3-6-13/h1-8,12H2,(H,15,16). The van der Waals surface area contributed by atoms with Crippen LogP contribution in [0.5, 0.6) is 0 Å². The summed E-state index contributed by atoms with van der Waals surface area (Å²) in [5, 5.41) is 9.01. The number of piperidine rings is 1. The lowest BCUT2D eigenvalue weighted by molar-refractivity contribution is -0.142. The van der Waals surface area contributed by atoms with Crippen LogP contribution in [0.2, 0.25) is 0 Å². The minimum absolute atomic E-state index is 0.0572. The van der Waals surface area contributed by atoms with Crippen molar-refractivity contribution in [2.45, 2.75) is 31.2 Å². The summed E-state index contributed by atoms with van der Waals surface area (Å²) < 4.78 is 0. The van der Waals surface area contributed by atoms with Gasteiger partial charge in [-0.25, -0.2) is 4.79 Å². The first kappa shape index (κ1) is 12.2. The van der Waals surface area contributed by atoms with Gasteiger partial charge < -0.3 is 20.6 Å². The van der Waals surface area contributed by atoms with Crippen LogP contribution in [0.4, 0.5) is 4.79 Å². The number of hydrogen-bond donors (Lipinski definition) is 2. The van der Waals surface area contributed by atoms with Gasteiger partial charge in [0.1, 0.15) is 5.54 Å². The van der Waals surface area contributed by atoms with Crippen LogP contribution in [0.15, 0.2) is 0 Å². The summed E-state index contributed by atoms with van der Waals surface area (Å²) in [7, 11) is 0. The average Bonchev–Trinajstić information content (AvgIpc) is 2.74. The Bertz CT molecular complexity index is 328. The molecule has 0 aliphatic carbocycles. The highest BCUT2D eigenvalue weighted by Gasteiger charge is 2.43. The molecule has 0 radical (unpaired) electrons. The van der Waals surface area contributed by atoms with Gasteiger partial charge in [0, 0.05) is 19.6 Å². The van der Waals surface area contributed by atoms with Crippen molar-refractivity contribution in [1.82, 2.24) is 9.80 Å². The first-order valence-corrected chi connectivity index (χ1v) is 6.09. The Balaban J connectivity index is 1.95. The molecule has 2 rings (SSSR count). The molecule has 0 aromatic rings. The monoisotopic (exact) mass is 241 g/mol. The van der Waals surface area contributed by atoms with Gasteiger partial charge in [0.2, 0.25) is 0 Å². The van der Waals surface area contributed by atoms with Crippen molar-refractivity contribution in [1.29, 1.82) is 0 Å². The number of carboxylic acid groups (broad SMARTS) is 1. The van der Waals surface area contributed by atoms with Crippen molar-refractivity contribution in [3.8, 4) is 0 Å². The number of aliphatic carboxylic acids is 1. The maximum absolute atomic E-state index is 12.1. The number of rotatable bonds is 1. The molecule has 6 heteroatoms. The third kappa shape index (κ3) is 2.36. The Hall–Kier alpha value is -1.30. The van der Waals surface area contributed by atoms with E-state index in [0.717, 1.165) is 25.9 Å². The second-order valence-corrected chi connectivity index (χ2v) is 4.96. The zero-order valence-corrected chi connectivity index (χ0v) is 9.89. The molecule has 2 amide bonds. The smallest absolute Gasteiger partial charge is 0.325 e. The molecule has 2 fully saturated rings. The van der Waals surface area contributed by atoms with Crippen LogP contribution < -0.4 is 5.73 Å². The van der Waals surface area contributed by atoms with E-state index in [9.17, 15) is 9.59 Å². The predicted octanol–water partition coefficient (Wildman–Crippen LogP) is 0.0801. The molecule has 6 nitrogen and oxygen atoms in total. The minimum atomic E-state index is -1.26. The summed E-state index contributed by atoms with van der Waals surface area (Å²) in [6, 6.07) is -0.0572. The van der Waals surface area contributed by atoms with Crippen molar-refractivity contribution in [2.24, 2.45) is 5.73 Å². The Morgan fingerprint density at radius 1 is 1.06 bits per heavy atom. The average molecular weight is 241 g/mol. The molecule has 2 heterocycles. The van der Waals surface area contributed by atoms with Gasteiger partial charge in [-0.05, 0) is 25.7 Å². The van der Waals surface area contributed by atoms with E-state index in [-0.39, 0.29) is 12.6 Å². The highest BCUT2D eigenvalue weighted by Crippen LogP contribution is 2.21. The highest BCUT2D eigenvalue weighted by atomic mass is 16.4. The number of amides is 2. The first-order chi connectivity index (χ1) is 8.03. The molecule has 0 bridgehead atoms. The van der Waals surface area contributed by atoms with E-state index in [1.54, 1.807) is 9.80 Å². The third-order valence-electron chi connectivity index (χ3n) is 3.62. The van der Waals surface area contributed by atoms with Crippen LogP contribution in [-0.2, 0) is 4.79 Å². The number of carbonyl (C=O) groups excluding carboxylic acids is 1. The molecule has 2 saturated heterocycles. The molecule has 0 spiro atoms. The molecule has 0 saturated carbocycles. The van der Waals surface area contributed by atoms with E-state index in [1.807, 2.05) is 0 Å². The Kier molecular flexibility index (Phi) is 3.24. The molecule has 2 aliphatic rings. The van der Waals surface area contributed by atoms with Gasteiger partial charge in [0.15, 0.2) is 0 Å². The number of nitrogens with zero attached hydrogens (tertiary/aromatic N) is 2. The normalized spacial score (nSPS) is 29.5. The summed E-state index contributed by atoms with van der Waals surface area (Å²) in [4.78, 5) is 26.5. The Morgan fingerprint density at radius 3 is 2.24 bits per heavy atom. The largest absolute Gasteiger partial charge is 0.480 e. The molecule has 0 aromatic heterocycles. The molecule has 0 aromatic carbocycles. The fraction of sp³-hybridized carbons (Fsp3) is 0.818. The number of hydrogen-bond acceptors (Lipinski definition) is 3. The summed E-state index contributed by atoms with van der Waals surface area (Å²) in [6.07, 6.45) is 3.57. The zero-order valence-electron chi connectivity index (χ0n) is 9.89. The molecular formula is C11H19N3O3. The molecular weight excluding hydrogens is 222 g/mol. The topological polar surface area (TPSA) is 86.9 Å². The zero-order chi connectivity index (χ0) is 12.5. The minimum Gasteiger partial charge on any atom is -0.480 e. The van der Waals surface area contributed by atoms with Gasteiger partial charge in [0.05, 0.1) is 6.54 Å². The molecule has 96 valence electrons. The number of urea groups is 1. The molecule has 3 N–H and O–H groups in total. The van der Waals surface area contributed by atoms with E-state index in [0.29, 0.717) is 13.0 Å². The Labute approximate surface area is 100 Å². The second kappa shape index (κ2) is 4.52. The van der Waals surface area contributed by atoms with Crippen molar-refractivity contribution in [3.63, 3.8) is 0 Å². The van der Waals surface area contributed by atoms with Gasteiger partial charge in [0.25, 0.3) is 0 Å². The molecule has 17 heavy (non-hydrogen) atoms. The first-order valence-electron chi connectivity index (χ1n) is 6.09. The number of nitrogens with two attached hydrogens (primary N) is 1. The van der Waals surface area contributed by atoms with Gasteiger partial charge in [-0.3, -0.25) is 4.79 Å². The van der Waals surface area contributed by atoms with Gasteiger partial charge in [-0.2, -0.15) is 0 Å². The summed E-state index contributed by atoms with van der Waals surface area (Å²) in [5.41, 5.74) is 4.49. The lowest BCUT2D eigenvalue weighted by Gasteiger charge is -2.31. The van der Waals surface area contributed by atoms with E-state index in [1.165, 1.54) is 6.42 Å². The van der Waals surface area contributed by atoms with E-state index in [4.69, 9.17) is 10.8 Å². The van der Waals surface area contributed by atoms with Gasteiger partial charge in [-0.15, -0.1) is 0 Å². The van der Waals surface area contributed by atoms with Crippen molar-refractivity contribution >= 4 is 12.0 Å². The van der Waals surface area contributed by atoms with Crippen molar-refractivity contribution in [3.05, 3.63) is 0 Å². The SMILES string of the molecule is NC1(C(=O)O)CCN(C(=O)N2CCCCC2)C1.